The predicted octanol–water partition coefficient (Wildman–Crippen LogP) is 0.363. The monoisotopic (exact) mass is 341 g/mol. The number of nitrogens with zero attached hydrogens (tertiary/aromatic N) is 2. The second-order valence-electron chi connectivity index (χ2n) is 6.04. The van der Waals surface area contributed by atoms with Crippen molar-refractivity contribution in [1.29, 1.82) is 0 Å². The van der Waals surface area contributed by atoms with Gasteiger partial charge in [-0.15, -0.1) is 0 Å². The molecule has 0 spiro atoms. The first-order valence-corrected chi connectivity index (χ1v) is 8.68. The summed E-state index contributed by atoms with van der Waals surface area (Å²) in [5, 5.41) is 2.67. The second-order valence-corrected chi connectivity index (χ2v) is 6.04. The Morgan fingerprint density at radius 3 is 2.46 bits per heavy atom. The quantitative estimate of drug-likeness (QED) is 0.780. The van der Waals surface area contributed by atoms with E-state index in [0.717, 1.165) is 19.3 Å². The van der Waals surface area contributed by atoms with E-state index < -0.39 is 0 Å². The molecule has 8 heteroatoms. The summed E-state index contributed by atoms with van der Waals surface area (Å²) >= 11 is 0. The van der Waals surface area contributed by atoms with E-state index in [1.54, 1.807) is 16.7 Å². The molecule has 1 atom stereocenters. The molecule has 2 aliphatic rings. The second kappa shape index (κ2) is 9.46. The van der Waals surface area contributed by atoms with Gasteiger partial charge in [0.1, 0.15) is 0 Å². The Morgan fingerprint density at radius 2 is 1.83 bits per heavy atom. The molecule has 24 heavy (non-hydrogen) atoms. The van der Waals surface area contributed by atoms with Gasteiger partial charge in [0.05, 0.1) is 25.7 Å². The van der Waals surface area contributed by atoms with E-state index in [0.29, 0.717) is 45.8 Å². The van der Waals surface area contributed by atoms with Crippen molar-refractivity contribution in [2.45, 2.75) is 38.7 Å². The van der Waals surface area contributed by atoms with Crippen LogP contribution < -0.4 is 5.32 Å². The minimum absolute atomic E-state index is 0.00897. The van der Waals surface area contributed by atoms with Crippen LogP contribution in [0.15, 0.2) is 0 Å². The molecular weight excluding hydrogens is 314 g/mol. The van der Waals surface area contributed by atoms with Crippen molar-refractivity contribution in [3.63, 3.8) is 0 Å². The molecule has 1 N–H and O–H groups in total. The average molecular weight is 341 g/mol. The normalized spacial score (nSPS) is 21.3. The van der Waals surface area contributed by atoms with Gasteiger partial charge >= 0.3 is 6.09 Å². The van der Waals surface area contributed by atoms with E-state index in [9.17, 15) is 14.4 Å². The summed E-state index contributed by atoms with van der Waals surface area (Å²) in [6.07, 6.45) is 2.98. The minimum atomic E-state index is -0.342. The van der Waals surface area contributed by atoms with E-state index in [-0.39, 0.29) is 30.6 Å². The minimum Gasteiger partial charge on any atom is -0.450 e. The first-order valence-electron chi connectivity index (χ1n) is 8.68. The number of nitrogens with one attached hydrogen (secondary N) is 1. The van der Waals surface area contributed by atoms with Crippen molar-refractivity contribution in [2.75, 3.05) is 45.9 Å². The van der Waals surface area contributed by atoms with Crippen molar-refractivity contribution in [3.05, 3.63) is 0 Å². The van der Waals surface area contributed by atoms with Crippen molar-refractivity contribution >= 4 is 17.9 Å². The number of ether oxygens (including phenoxy) is 2. The molecule has 2 rings (SSSR count). The molecule has 0 aromatic carbocycles. The topological polar surface area (TPSA) is 88.2 Å². The molecule has 0 radical (unpaired) electrons. The number of rotatable bonds is 5. The van der Waals surface area contributed by atoms with Crippen LogP contribution in [-0.4, -0.2) is 79.7 Å². The summed E-state index contributed by atoms with van der Waals surface area (Å²) in [7, 11) is 0. The lowest BCUT2D eigenvalue weighted by Gasteiger charge is -2.34. The molecule has 0 aromatic heterocycles. The van der Waals surface area contributed by atoms with Crippen LogP contribution in [0.25, 0.3) is 0 Å². The molecule has 136 valence electrons. The van der Waals surface area contributed by atoms with Gasteiger partial charge in [0, 0.05) is 32.8 Å². The number of carbonyl (C=O) groups is 3. The van der Waals surface area contributed by atoms with Crippen LogP contribution in [0.1, 0.15) is 32.6 Å². The zero-order valence-corrected chi connectivity index (χ0v) is 14.3. The lowest BCUT2D eigenvalue weighted by molar-refractivity contribution is -0.135. The molecule has 2 saturated heterocycles. The Hall–Kier alpha value is -1.83. The van der Waals surface area contributed by atoms with Crippen molar-refractivity contribution in [3.8, 4) is 0 Å². The lowest BCUT2D eigenvalue weighted by Crippen LogP contribution is -2.52. The maximum absolute atomic E-state index is 12.1. The number of carbonyl (C=O) groups excluding carboxylic acids is 3. The van der Waals surface area contributed by atoms with Gasteiger partial charge in [-0.3, -0.25) is 9.59 Å². The van der Waals surface area contributed by atoms with Gasteiger partial charge in [0.15, 0.2) is 0 Å². The highest BCUT2D eigenvalue weighted by molar-refractivity contribution is 5.85. The highest BCUT2D eigenvalue weighted by Gasteiger charge is 2.25. The Bertz CT molecular complexity index is 443. The Labute approximate surface area is 142 Å². The van der Waals surface area contributed by atoms with E-state index >= 15 is 0 Å². The number of hydrogen-bond acceptors (Lipinski definition) is 5. The first kappa shape index (κ1) is 18.5. The average Bonchev–Trinajstić information content (AvgIpc) is 2.61. The van der Waals surface area contributed by atoms with Gasteiger partial charge in [-0.2, -0.15) is 0 Å². The van der Waals surface area contributed by atoms with E-state index in [1.165, 1.54) is 0 Å². The van der Waals surface area contributed by atoms with Gasteiger partial charge in [0.25, 0.3) is 0 Å². The summed E-state index contributed by atoms with van der Waals surface area (Å²) in [6, 6.07) is 0. The Morgan fingerprint density at radius 1 is 1.12 bits per heavy atom. The SMILES string of the molecule is CCOC(=O)N1CCN(C(=O)CNC(=O)CC2CCCCO2)CC1. The van der Waals surface area contributed by atoms with Gasteiger partial charge in [-0.1, -0.05) is 0 Å². The molecule has 2 heterocycles. The van der Waals surface area contributed by atoms with Gasteiger partial charge in [0.2, 0.25) is 11.8 Å². The number of piperazine rings is 1. The highest BCUT2D eigenvalue weighted by atomic mass is 16.6. The van der Waals surface area contributed by atoms with Crippen LogP contribution >= 0.6 is 0 Å². The lowest BCUT2D eigenvalue weighted by atomic mass is 10.1. The summed E-state index contributed by atoms with van der Waals surface area (Å²) in [5.74, 6) is -0.281. The standard InChI is InChI=1S/C16H27N3O5/c1-2-23-16(22)19-8-6-18(7-9-19)15(21)12-17-14(20)11-13-5-3-4-10-24-13/h13H,2-12H2,1H3,(H,17,20). The Balaban J connectivity index is 1.64. The predicted molar refractivity (Wildman–Crippen MR) is 86.4 cm³/mol. The fraction of sp³-hybridized carbons (Fsp3) is 0.812. The van der Waals surface area contributed by atoms with E-state index in [2.05, 4.69) is 5.32 Å². The molecule has 1 unspecified atom stereocenters. The molecule has 0 aliphatic carbocycles. The fourth-order valence-electron chi connectivity index (χ4n) is 2.89. The molecular formula is C16H27N3O5. The zero-order valence-electron chi connectivity index (χ0n) is 14.3. The molecule has 0 aromatic rings. The van der Waals surface area contributed by atoms with Crippen molar-refractivity contribution < 1.29 is 23.9 Å². The van der Waals surface area contributed by atoms with Crippen LogP contribution in [0, 0.1) is 0 Å². The van der Waals surface area contributed by atoms with Crippen LogP contribution in [0.5, 0.6) is 0 Å². The third-order valence-corrected chi connectivity index (χ3v) is 4.28. The smallest absolute Gasteiger partial charge is 0.409 e. The summed E-state index contributed by atoms with van der Waals surface area (Å²) in [6.45, 7) is 4.63. The third-order valence-electron chi connectivity index (χ3n) is 4.28. The van der Waals surface area contributed by atoms with E-state index in [4.69, 9.17) is 9.47 Å². The molecule has 8 nitrogen and oxygen atoms in total. The summed E-state index contributed by atoms with van der Waals surface area (Å²) in [5.41, 5.74) is 0. The first-order chi connectivity index (χ1) is 11.6. The maximum Gasteiger partial charge on any atom is 0.409 e. The van der Waals surface area contributed by atoms with Gasteiger partial charge < -0.3 is 24.6 Å². The molecule has 0 saturated carbocycles. The largest absolute Gasteiger partial charge is 0.450 e. The van der Waals surface area contributed by atoms with E-state index in [1.807, 2.05) is 0 Å². The summed E-state index contributed by atoms with van der Waals surface area (Å²) < 4.78 is 10.5. The molecule has 3 amide bonds. The Kier molecular flexibility index (Phi) is 7.30. The van der Waals surface area contributed by atoms with Crippen LogP contribution in [-0.2, 0) is 19.1 Å². The molecule has 2 aliphatic heterocycles. The maximum atomic E-state index is 12.1. The zero-order chi connectivity index (χ0) is 17.4. The highest BCUT2D eigenvalue weighted by Crippen LogP contribution is 2.15. The number of amides is 3. The van der Waals surface area contributed by atoms with Crippen LogP contribution in [0.3, 0.4) is 0 Å². The van der Waals surface area contributed by atoms with Gasteiger partial charge in [-0.25, -0.2) is 4.79 Å². The summed E-state index contributed by atoms with van der Waals surface area (Å²) in [4.78, 5) is 38.9. The fourth-order valence-corrected chi connectivity index (χ4v) is 2.89. The molecule has 0 bridgehead atoms. The van der Waals surface area contributed by atoms with Crippen molar-refractivity contribution in [1.82, 2.24) is 15.1 Å². The van der Waals surface area contributed by atoms with Crippen LogP contribution in [0.4, 0.5) is 4.79 Å². The van der Waals surface area contributed by atoms with Gasteiger partial charge in [-0.05, 0) is 26.2 Å². The third kappa shape index (κ3) is 5.67. The van der Waals surface area contributed by atoms with Crippen molar-refractivity contribution in [2.24, 2.45) is 0 Å². The van der Waals surface area contributed by atoms with Crippen LogP contribution in [0.2, 0.25) is 0 Å². The molecule has 2 fully saturated rings. The number of hydrogen-bond donors (Lipinski definition) is 1.